The molecular formula is C25H23BrO3. The van der Waals surface area contributed by atoms with Crippen LogP contribution >= 0.6 is 15.9 Å². The number of rotatable bonds is 8. The van der Waals surface area contributed by atoms with E-state index in [0.717, 1.165) is 28.4 Å². The Labute approximate surface area is 179 Å². The topological polar surface area (TPSA) is 38.7 Å². The Balaban J connectivity index is 1.62. The van der Waals surface area contributed by atoms with Crippen LogP contribution in [-0.4, -0.2) is 11.7 Å². The first-order chi connectivity index (χ1) is 14.2. The van der Waals surface area contributed by atoms with Gasteiger partial charge in [-0.15, -0.1) is 0 Å². The molecule has 1 N–H and O–H groups in total. The molecule has 0 heterocycles. The summed E-state index contributed by atoms with van der Waals surface area (Å²) in [6.45, 7) is 4.53. The van der Waals surface area contributed by atoms with Crippen molar-refractivity contribution in [3.05, 3.63) is 106 Å². The summed E-state index contributed by atoms with van der Waals surface area (Å²) in [6, 6.07) is 19.9. The molecule has 1 aliphatic rings. The van der Waals surface area contributed by atoms with Gasteiger partial charge in [-0.25, -0.2) is 0 Å². The molecule has 1 atom stereocenters. The van der Waals surface area contributed by atoms with Gasteiger partial charge in [-0.2, -0.15) is 0 Å². The molecule has 0 aromatic heterocycles. The van der Waals surface area contributed by atoms with Crippen LogP contribution in [0.3, 0.4) is 0 Å². The van der Waals surface area contributed by atoms with Crippen molar-refractivity contribution in [2.75, 3.05) is 6.61 Å². The van der Waals surface area contributed by atoms with Crippen molar-refractivity contribution in [1.82, 2.24) is 0 Å². The number of hydrogen-bond donors (Lipinski definition) is 1. The zero-order valence-electron chi connectivity index (χ0n) is 16.1. The maximum atomic E-state index is 11.1. The highest BCUT2D eigenvalue weighted by atomic mass is 79.9. The van der Waals surface area contributed by atoms with E-state index in [9.17, 15) is 5.11 Å². The second-order valence-corrected chi connectivity index (χ2v) is 7.98. The van der Waals surface area contributed by atoms with Gasteiger partial charge >= 0.3 is 0 Å². The fourth-order valence-corrected chi connectivity index (χ4v) is 3.92. The summed E-state index contributed by atoms with van der Waals surface area (Å²) < 4.78 is 12.6. The first-order valence-electron chi connectivity index (χ1n) is 9.69. The van der Waals surface area contributed by atoms with Gasteiger partial charge in [0.25, 0.3) is 0 Å². The highest BCUT2D eigenvalue weighted by Crippen LogP contribution is 2.39. The van der Waals surface area contributed by atoms with E-state index in [-0.39, 0.29) is 0 Å². The largest absolute Gasteiger partial charge is 0.489 e. The van der Waals surface area contributed by atoms with Crippen LogP contribution in [0.2, 0.25) is 0 Å². The lowest BCUT2D eigenvalue weighted by Gasteiger charge is -2.23. The molecule has 0 aliphatic heterocycles. The zero-order valence-corrected chi connectivity index (χ0v) is 17.7. The van der Waals surface area contributed by atoms with Crippen molar-refractivity contribution < 1.29 is 14.6 Å². The van der Waals surface area contributed by atoms with Gasteiger partial charge in [0.15, 0.2) is 0 Å². The quantitative estimate of drug-likeness (QED) is 0.442. The molecule has 0 saturated heterocycles. The summed E-state index contributed by atoms with van der Waals surface area (Å²) in [7, 11) is 0. The van der Waals surface area contributed by atoms with E-state index in [1.165, 1.54) is 11.1 Å². The second kappa shape index (κ2) is 8.85. The van der Waals surface area contributed by atoms with Crippen LogP contribution in [0.4, 0.5) is 0 Å². The number of aliphatic hydroxyl groups excluding tert-OH is 1. The molecule has 3 aromatic carbocycles. The van der Waals surface area contributed by atoms with Gasteiger partial charge in [-0.1, -0.05) is 61.2 Å². The third-order valence-electron chi connectivity index (χ3n) is 5.16. The van der Waals surface area contributed by atoms with Gasteiger partial charge in [-0.05, 0) is 57.1 Å². The fourth-order valence-electron chi connectivity index (χ4n) is 3.45. The molecule has 0 bridgehead atoms. The van der Waals surface area contributed by atoms with Gasteiger partial charge in [-0.3, -0.25) is 0 Å². The lowest BCUT2D eigenvalue weighted by molar-refractivity contribution is 0.212. The summed E-state index contributed by atoms with van der Waals surface area (Å²) >= 11 is 3.59. The van der Waals surface area contributed by atoms with E-state index in [1.807, 2.05) is 48.5 Å². The maximum Gasteiger partial charge on any atom is 0.137 e. The van der Waals surface area contributed by atoms with Crippen LogP contribution in [0.25, 0.3) is 0 Å². The molecule has 1 unspecified atom stereocenters. The Morgan fingerprint density at radius 2 is 1.76 bits per heavy atom. The highest BCUT2D eigenvalue weighted by molar-refractivity contribution is 9.10. The second-order valence-electron chi connectivity index (χ2n) is 7.13. The van der Waals surface area contributed by atoms with Crippen molar-refractivity contribution in [2.24, 2.45) is 0 Å². The van der Waals surface area contributed by atoms with Crippen molar-refractivity contribution >= 4 is 15.9 Å². The highest BCUT2D eigenvalue weighted by Gasteiger charge is 2.21. The van der Waals surface area contributed by atoms with Gasteiger partial charge in [0.2, 0.25) is 0 Å². The monoisotopic (exact) mass is 450 g/mol. The predicted molar refractivity (Wildman–Crippen MR) is 119 cm³/mol. The normalized spacial score (nSPS) is 13.2. The smallest absolute Gasteiger partial charge is 0.137 e. The summed E-state index contributed by atoms with van der Waals surface area (Å²) in [5, 5.41) is 11.1. The van der Waals surface area contributed by atoms with E-state index < -0.39 is 6.10 Å². The molecule has 4 heteroatoms. The first-order valence-corrected chi connectivity index (χ1v) is 10.5. The van der Waals surface area contributed by atoms with Gasteiger partial charge < -0.3 is 14.6 Å². The SMILES string of the molecule is C=CCOc1cc(OCc2ccccc2)c(Br)cc1C(O)c1ccc2c(c1)CC2. The first kappa shape index (κ1) is 19.7. The van der Waals surface area contributed by atoms with Crippen LogP contribution in [0.5, 0.6) is 11.5 Å². The third-order valence-corrected chi connectivity index (χ3v) is 5.78. The van der Waals surface area contributed by atoms with Crippen molar-refractivity contribution in [2.45, 2.75) is 25.6 Å². The van der Waals surface area contributed by atoms with Crippen LogP contribution < -0.4 is 9.47 Å². The average molecular weight is 451 g/mol. The molecular weight excluding hydrogens is 428 g/mol. The van der Waals surface area contributed by atoms with Crippen LogP contribution in [0.1, 0.15) is 33.9 Å². The molecule has 0 fully saturated rings. The average Bonchev–Trinajstić information content (AvgIpc) is 2.73. The van der Waals surface area contributed by atoms with E-state index >= 15 is 0 Å². The summed E-state index contributed by atoms with van der Waals surface area (Å²) in [6.07, 6.45) is 3.11. The van der Waals surface area contributed by atoms with Gasteiger partial charge in [0.05, 0.1) is 4.47 Å². The molecule has 3 nitrogen and oxygen atoms in total. The fraction of sp³-hybridized carbons (Fsp3) is 0.200. The van der Waals surface area contributed by atoms with E-state index in [1.54, 1.807) is 6.08 Å². The summed E-state index contributed by atoms with van der Waals surface area (Å²) in [5.41, 5.74) is 5.34. The Kier molecular flexibility index (Phi) is 6.02. The number of ether oxygens (including phenoxy) is 2. The summed E-state index contributed by atoms with van der Waals surface area (Å²) in [5.74, 6) is 1.26. The minimum absolute atomic E-state index is 0.351. The molecule has 4 rings (SSSR count). The lowest BCUT2D eigenvalue weighted by atomic mass is 9.85. The summed E-state index contributed by atoms with van der Waals surface area (Å²) in [4.78, 5) is 0. The Hall–Kier alpha value is -2.56. The molecule has 29 heavy (non-hydrogen) atoms. The number of aryl methyl sites for hydroxylation is 2. The van der Waals surface area contributed by atoms with E-state index in [2.05, 4.69) is 34.6 Å². The van der Waals surface area contributed by atoms with Crippen molar-refractivity contribution in [3.63, 3.8) is 0 Å². The number of hydrogen-bond acceptors (Lipinski definition) is 3. The van der Waals surface area contributed by atoms with Crippen LogP contribution in [0.15, 0.2) is 77.8 Å². The van der Waals surface area contributed by atoms with Crippen LogP contribution in [0, 0.1) is 0 Å². The predicted octanol–water partition coefficient (Wildman–Crippen LogP) is 5.77. The standard InChI is InChI=1S/C25H23BrO3/c1-2-12-28-23-15-24(29-16-17-6-4-3-5-7-17)22(26)14-21(23)25(27)20-11-9-18-8-10-19(18)13-20/h2-7,9,11,13-15,25,27H,1,8,10,12,16H2. The number of halogens is 1. The Morgan fingerprint density at radius 3 is 2.45 bits per heavy atom. The Bertz CT molecular complexity index is 1010. The van der Waals surface area contributed by atoms with Crippen molar-refractivity contribution in [3.8, 4) is 11.5 Å². The van der Waals surface area contributed by atoms with Crippen molar-refractivity contribution in [1.29, 1.82) is 0 Å². The van der Waals surface area contributed by atoms with Gasteiger partial charge in [0.1, 0.15) is 30.8 Å². The molecule has 1 aliphatic carbocycles. The van der Waals surface area contributed by atoms with E-state index in [0.29, 0.717) is 30.3 Å². The minimum atomic E-state index is -0.778. The molecule has 0 saturated carbocycles. The molecule has 0 spiro atoms. The third kappa shape index (κ3) is 4.39. The maximum absolute atomic E-state index is 11.1. The molecule has 3 aromatic rings. The minimum Gasteiger partial charge on any atom is -0.489 e. The molecule has 0 amide bonds. The molecule has 0 radical (unpaired) electrons. The number of aliphatic hydroxyl groups is 1. The van der Waals surface area contributed by atoms with Gasteiger partial charge in [0, 0.05) is 11.6 Å². The molecule has 148 valence electrons. The number of benzene rings is 3. The Morgan fingerprint density at radius 1 is 0.966 bits per heavy atom. The van der Waals surface area contributed by atoms with Crippen LogP contribution in [-0.2, 0) is 19.4 Å². The van der Waals surface area contributed by atoms with E-state index in [4.69, 9.17) is 9.47 Å². The zero-order chi connectivity index (χ0) is 20.2. The lowest BCUT2D eigenvalue weighted by Crippen LogP contribution is -2.11. The number of fused-ring (bicyclic) bond motifs is 1.